The van der Waals surface area contributed by atoms with Crippen LogP contribution < -0.4 is 14.9 Å². The summed E-state index contributed by atoms with van der Waals surface area (Å²) in [6.45, 7) is -0.212. The molecule has 0 saturated heterocycles. The predicted octanol–water partition coefficient (Wildman–Crippen LogP) is 5.65. The summed E-state index contributed by atoms with van der Waals surface area (Å²) < 4.78 is 73.8. The molecule has 5 aromatic rings. The number of alkyl halides is 3. The molecule has 3 heterocycles. The van der Waals surface area contributed by atoms with Crippen LogP contribution in [0.15, 0.2) is 74.7 Å². The molecule has 5 rings (SSSR count). The molecule has 0 aliphatic heterocycles. The molecule has 0 saturated carbocycles. The first-order chi connectivity index (χ1) is 17.7. The molecule has 0 unspecified atom stereocenters. The summed E-state index contributed by atoms with van der Waals surface area (Å²) >= 11 is 0. The number of hydrogen-bond acceptors (Lipinski definition) is 8. The van der Waals surface area contributed by atoms with Crippen LogP contribution in [0.3, 0.4) is 0 Å². The van der Waals surface area contributed by atoms with Gasteiger partial charge in [-0.05, 0) is 36.4 Å². The van der Waals surface area contributed by atoms with Gasteiger partial charge < -0.3 is 18.4 Å². The molecule has 0 bridgehead atoms. The van der Waals surface area contributed by atoms with Gasteiger partial charge in [0.2, 0.25) is 17.1 Å². The Balaban J connectivity index is 1.33. The highest BCUT2D eigenvalue weighted by Gasteiger charge is 2.32. The number of fused-ring (bicyclic) bond motifs is 1. The molecule has 0 N–H and O–H groups in total. The van der Waals surface area contributed by atoms with Crippen molar-refractivity contribution < 1.29 is 36.0 Å². The van der Waals surface area contributed by atoms with Crippen LogP contribution in [0.1, 0.15) is 11.4 Å². The fraction of sp³-hybridized carbons (Fsp3) is 0.120. The van der Waals surface area contributed by atoms with Crippen LogP contribution >= 0.6 is 0 Å². The largest absolute Gasteiger partial charge is 0.485 e. The number of rotatable bonds is 6. The second-order valence-electron chi connectivity index (χ2n) is 7.76. The Morgan fingerprint density at radius 3 is 2.59 bits per heavy atom. The van der Waals surface area contributed by atoms with Crippen molar-refractivity contribution in [1.29, 1.82) is 0 Å². The van der Waals surface area contributed by atoms with Gasteiger partial charge in [0.1, 0.15) is 23.4 Å². The molecular weight excluding hydrogens is 498 g/mol. The fourth-order valence-electron chi connectivity index (χ4n) is 3.51. The van der Waals surface area contributed by atoms with E-state index in [9.17, 15) is 22.4 Å². The summed E-state index contributed by atoms with van der Waals surface area (Å²) in [5, 5.41) is 3.97. The van der Waals surface area contributed by atoms with E-state index in [1.807, 2.05) is 0 Å². The number of hydrogen-bond donors (Lipinski definition) is 0. The summed E-state index contributed by atoms with van der Waals surface area (Å²) in [6.07, 6.45) is -1.92. The lowest BCUT2D eigenvalue weighted by Gasteiger charge is -2.07. The van der Waals surface area contributed by atoms with Gasteiger partial charge in [0.25, 0.3) is 5.89 Å². The van der Waals surface area contributed by atoms with E-state index in [-0.39, 0.29) is 34.9 Å². The van der Waals surface area contributed by atoms with Gasteiger partial charge in [-0.2, -0.15) is 18.2 Å². The summed E-state index contributed by atoms with van der Waals surface area (Å²) in [4.78, 5) is 21.0. The molecule has 2 aromatic carbocycles. The Bertz CT molecular complexity index is 1650. The SMILES string of the molecule is COc1ccc(-c2coc3cc(OCc4noc(-c5cc(F)cc(C(F)(F)F)c5)n4)ccc3c2=O)cn1. The molecule has 0 aliphatic rings. The number of methoxy groups -OCH3 is 1. The van der Waals surface area contributed by atoms with E-state index in [1.54, 1.807) is 18.2 Å². The molecule has 0 radical (unpaired) electrons. The summed E-state index contributed by atoms with van der Waals surface area (Å²) in [5.41, 5.74) is -0.520. The first-order valence-corrected chi connectivity index (χ1v) is 10.6. The second-order valence-corrected chi connectivity index (χ2v) is 7.76. The molecule has 3 aromatic heterocycles. The summed E-state index contributed by atoms with van der Waals surface area (Å²) in [5.74, 6) is -0.660. The number of pyridine rings is 1. The van der Waals surface area contributed by atoms with E-state index in [0.29, 0.717) is 40.3 Å². The molecule has 12 heteroatoms. The van der Waals surface area contributed by atoms with Crippen LogP contribution in [0.4, 0.5) is 17.6 Å². The molecule has 0 amide bonds. The molecule has 188 valence electrons. The monoisotopic (exact) mass is 513 g/mol. The fourth-order valence-corrected chi connectivity index (χ4v) is 3.51. The first-order valence-electron chi connectivity index (χ1n) is 10.6. The van der Waals surface area contributed by atoms with Crippen molar-refractivity contribution in [2.45, 2.75) is 12.8 Å². The van der Waals surface area contributed by atoms with E-state index in [2.05, 4.69) is 15.1 Å². The van der Waals surface area contributed by atoms with Crippen LogP contribution in [0.25, 0.3) is 33.6 Å². The van der Waals surface area contributed by atoms with Crippen LogP contribution in [0, 0.1) is 5.82 Å². The van der Waals surface area contributed by atoms with Gasteiger partial charge in [-0.1, -0.05) is 5.16 Å². The number of halogens is 4. The zero-order valence-corrected chi connectivity index (χ0v) is 18.9. The van der Waals surface area contributed by atoms with Gasteiger partial charge in [-0.15, -0.1) is 0 Å². The Morgan fingerprint density at radius 2 is 1.86 bits per heavy atom. The van der Waals surface area contributed by atoms with Gasteiger partial charge in [0.05, 0.1) is 23.6 Å². The van der Waals surface area contributed by atoms with Crippen molar-refractivity contribution in [1.82, 2.24) is 15.1 Å². The van der Waals surface area contributed by atoms with E-state index >= 15 is 0 Å². The summed E-state index contributed by atoms with van der Waals surface area (Å²) in [6, 6.07) is 9.83. The van der Waals surface area contributed by atoms with Gasteiger partial charge in [-0.25, -0.2) is 9.37 Å². The molecule has 0 fully saturated rings. The van der Waals surface area contributed by atoms with Crippen LogP contribution in [0.2, 0.25) is 0 Å². The Hall–Kier alpha value is -4.74. The predicted molar refractivity (Wildman–Crippen MR) is 121 cm³/mol. The molecular formula is C25H15F4N3O5. The van der Waals surface area contributed by atoms with Crippen LogP contribution in [-0.4, -0.2) is 22.2 Å². The van der Waals surface area contributed by atoms with Crippen molar-refractivity contribution >= 4 is 11.0 Å². The van der Waals surface area contributed by atoms with Crippen molar-refractivity contribution in [3.63, 3.8) is 0 Å². The van der Waals surface area contributed by atoms with E-state index in [1.165, 1.54) is 31.7 Å². The third-order valence-corrected chi connectivity index (χ3v) is 5.31. The van der Waals surface area contributed by atoms with Gasteiger partial charge in [-0.3, -0.25) is 4.79 Å². The number of benzene rings is 2. The quantitative estimate of drug-likeness (QED) is 0.269. The minimum absolute atomic E-state index is 0.0109. The maximum Gasteiger partial charge on any atom is 0.416 e. The lowest BCUT2D eigenvalue weighted by atomic mass is 10.1. The maximum absolute atomic E-state index is 13.7. The van der Waals surface area contributed by atoms with Gasteiger partial charge in [0, 0.05) is 29.5 Å². The van der Waals surface area contributed by atoms with Crippen molar-refractivity contribution in [3.05, 3.63) is 88.4 Å². The lowest BCUT2D eigenvalue weighted by Crippen LogP contribution is -2.05. The number of nitrogens with zero attached hydrogens (tertiary/aromatic N) is 3. The summed E-state index contributed by atoms with van der Waals surface area (Å²) in [7, 11) is 1.49. The van der Waals surface area contributed by atoms with Crippen molar-refractivity contribution in [2.75, 3.05) is 7.11 Å². The van der Waals surface area contributed by atoms with Crippen LogP contribution in [-0.2, 0) is 12.8 Å². The Kier molecular flexibility index (Phi) is 6.07. The average molecular weight is 513 g/mol. The minimum atomic E-state index is -4.74. The Labute approximate surface area is 205 Å². The normalized spacial score (nSPS) is 11.6. The minimum Gasteiger partial charge on any atom is -0.485 e. The molecule has 8 nitrogen and oxygen atoms in total. The van der Waals surface area contributed by atoms with Crippen LogP contribution in [0.5, 0.6) is 11.6 Å². The zero-order valence-electron chi connectivity index (χ0n) is 18.9. The van der Waals surface area contributed by atoms with E-state index < -0.39 is 17.6 Å². The molecule has 0 atom stereocenters. The number of ether oxygens (including phenoxy) is 2. The average Bonchev–Trinajstić information content (AvgIpc) is 3.36. The van der Waals surface area contributed by atoms with Gasteiger partial charge in [0.15, 0.2) is 6.61 Å². The molecule has 0 spiro atoms. The maximum atomic E-state index is 13.7. The third kappa shape index (κ3) is 4.99. The highest BCUT2D eigenvalue weighted by molar-refractivity contribution is 5.82. The van der Waals surface area contributed by atoms with Crippen molar-refractivity contribution in [3.8, 4) is 34.2 Å². The highest BCUT2D eigenvalue weighted by Crippen LogP contribution is 2.33. The standard InChI is InChI=1S/C25H15F4N3O5/c1-34-22-5-2-13(10-30-22)19-11-36-20-9-17(3-4-18(20)23(19)33)35-12-21-31-24(37-32-21)14-6-15(25(27,28)29)8-16(26)7-14/h2-11H,12H2,1H3. The molecule has 37 heavy (non-hydrogen) atoms. The van der Waals surface area contributed by atoms with E-state index in [4.69, 9.17) is 18.4 Å². The highest BCUT2D eigenvalue weighted by atomic mass is 19.4. The third-order valence-electron chi connectivity index (χ3n) is 5.31. The zero-order chi connectivity index (χ0) is 26.2. The van der Waals surface area contributed by atoms with Gasteiger partial charge >= 0.3 is 6.18 Å². The topological polar surface area (TPSA) is 100 Å². The lowest BCUT2D eigenvalue weighted by molar-refractivity contribution is -0.137. The first kappa shape index (κ1) is 24.0. The Morgan fingerprint density at radius 1 is 1.03 bits per heavy atom. The number of aromatic nitrogens is 3. The smallest absolute Gasteiger partial charge is 0.416 e. The van der Waals surface area contributed by atoms with Crippen molar-refractivity contribution in [2.24, 2.45) is 0 Å². The second kappa shape index (κ2) is 9.37. The van der Waals surface area contributed by atoms with E-state index in [0.717, 1.165) is 6.07 Å². The molecule has 0 aliphatic carbocycles.